The Morgan fingerprint density at radius 2 is 2.08 bits per heavy atom. The summed E-state index contributed by atoms with van der Waals surface area (Å²) in [6.45, 7) is -0.486. The van der Waals surface area contributed by atoms with Crippen molar-refractivity contribution in [3.8, 4) is 17.6 Å². The van der Waals surface area contributed by atoms with Gasteiger partial charge in [0.05, 0.1) is 45.5 Å². The number of hydrogen-bond donors (Lipinski definition) is 3. The van der Waals surface area contributed by atoms with E-state index in [-0.39, 0.29) is 47.2 Å². The number of benzene rings is 2. The number of anilines is 2. The second kappa shape index (κ2) is 10.8. The Morgan fingerprint density at radius 1 is 1.25 bits per heavy atom. The Bertz CT molecular complexity index is 1700. The van der Waals surface area contributed by atoms with E-state index in [1.807, 2.05) is 11.9 Å². The van der Waals surface area contributed by atoms with Crippen molar-refractivity contribution < 1.29 is 34.8 Å². The molecule has 5 rings (SSSR count). The molecule has 0 bridgehead atoms. The lowest BCUT2D eigenvalue weighted by Crippen LogP contribution is -2.46. The van der Waals surface area contributed by atoms with Gasteiger partial charge in [0.1, 0.15) is 18.5 Å². The van der Waals surface area contributed by atoms with Crippen LogP contribution in [0.1, 0.15) is 21.8 Å². The summed E-state index contributed by atoms with van der Waals surface area (Å²) in [4.78, 5) is 1.77. The minimum Gasteiger partial charge on any atom is -0.495 e. The molecule has 2 aromatic carbocycles. The van der Waals surface area contributed by atoms with Crippen molar-refractivity contribution in [1.29, 1.82) is 0 Å². The molecule has 214 valence electrons. The van der Waals surface area contributed by atoms with E-state index in [1.165, 1.54) is 12.1 Å². The summed E-state index contributed by atoms with van der Waals surface area (Å²) in [5.41, 5.74) is 1.41. The van der Waals surface area contributed by atoms with Gasteiger partial charge in [0.2, 0.25) is 10.0 Å². The largest absolute Gasteiger partial charge is 0.495 e. The SMILES string of the molecule is [2H]C([2H])([2H])Oc1cc2c(cc1NCC#Cc1cc3c(N[C@@H]4CCN(C)C[C@@H]4F)cccc3n1CC(F)(F)F)CNS2(=O)=O. The Kier molecular flexibility index (Phi) is 6.59. The van der Waals surface area contributed by atoms with Gasteiger partial charge in [0.25, 0.3) is 0 Å². The van der Waals surface area contributed by atoms with E-state index in [4.69, 9.17) is 8.85 Å². The van der Waals surface area contributed by atoms with Gasteiger partial charge in [-0.05, 0) is 49.2 Å². The maximum Gasteiger partial charge on any atom is 0.406 e. The summed E-state index contributed by atoms with van der Waals surface area (Å²) in [5, 5.41) is 6.52. The fraction of sp³-hybridized carbons (Fsp3) is 0.407. The second-order valence-corrected chi connectivity index (χ2v) is 11.6. The molecule has 3 aromatic rings. The molecule has 0 unspecified atom stereocenters. The van der Waals surface area contributed by atoms with Gasteiger partial charge in [-0.1, -0.05) is 12.0 Å². The minimum absolute atomic E-state index is 0.000694. The monoisotopic (exact) mass is 582 g/mol. The molecular weight excluding hydrogens is 550 g/mol. The van der Waals surface area contributed by atoms with Gasteiger partial charge in [-0.2, -0.15) is 13.2 Å². The van der Waals surface area contributed by atoms with Crippen molar-refractivity contribution in [1.82, 2.24) is 14.2 Å². The van der Waals surface area contributed by atoms with Gasteiger partial charge in [-0.15, -0.1) is 0 Å². The van der Waals surface area contributed by atoms with E-state index in [2.05, 4.69) is 27.2 Å². The first-order valence-electron chi connectivity index (χ1n) is 14.0. The maximum atomic E-state index is 14.7. The van der Waals surface area contributed by atoms with Gasteiger partial charge < -0.3 is 24.8 Å². The summed E-state index contributed by atoms with van der Waals surface area (Å²) in [7, 11) is -4.85. The molecular formula is C27H29F4N5O3S. The van der Waals surface area contributed by atoms with E-state index >= 15 is 0 Å². The van der Waals surface area contributed by atoms with Gasteiger partial charge in [-0.25, -0.2) is 17.5 Å². The van der Waals surface area contributed by atoms with Gasteiger partial charge in [0, 0.05) is 36.8 Å². The quantitative estimate of drug-likeness (QED) is 0.302. The molecule has 0 spiro atoms. The predicted octanol–water partition coefficient (Wildman–Crippen LogP) is 3.92. The van der Waals surface area contributed by atoms with Crippen LogP contribution in [0.4, 0.5) is 28.9 Å². The van der Waals surface area contributed by atoms with Crippen LogP contribution in [0.25, 0.3) is 10.9 Å². The van der Waals surface area contributed by atoms with Crippen molar-refractivity contribution >= 4 is 32.3 Å². The van der Waals surface area contributed by atoms with Crippen LogP contribution in [0.3, 0.4) is 0 Å². The Labute approximate surface area is 233 Å². The number of ether oxygens (including phenoxy) is 1. The van der Waals surface area contributed by atoms with Gasteiger partial charge >= 0.3 is 6.18 Å². The molecule has 0 aliphatic carbocycles. The third-order valence-electron chi connectivity index (χ3n) is 6.97. The molecule has 2 aliphatic heterocycles. The molecule has 3 N–H and O–H groups in total. The van der Waals surface area contributed by atoms with E-state index in [9.17, 15) is 26.0 Å². The number of alkyl halides is 4. The number of nitrogens with one attached hydrogen (secondary N) is 3. The first-order chi connectivity index (χ1) is 20.1. The zero-order valence-corrected chi connectivity index (χ0v) is 22.2. The average molecular weight is 583 g/mol. The van der Waals surface area contributed by atoms with Crippen LogP contribution in [0.5, 0.6) is 5.75 Å². The topological polar surface area (TPSA) is 87.6 Å². The van der Waals surface area contributed by atoms with E-state index in [1.54, 1.807) is 18.2 Å². The first kappa shape index (κ1) is 24.3. The number of sulfonamides is 1. The number of likely N-dealkylation sites (tertiary alicyclic amines) is 1. The zero-order chi connectivity index (χ0) is 31.2. The fourth-order valence-electron chi connectivity index (χ4n) is 5.02. The third kappa shape index (κ3) is 5.84. The lowest BCUT2D eigenvalue weighted by atomic mass is 10.0. The van der Waals surface area contributed by atoms with Crippen LogP contribution in [-0.2, 0) is 23.1 Å². The normalized spacial score (nSPS) is 22.0. The highest BCUT2D eigenvalue weighted by Crippen LogP contribution is 2.34. The molecule has 3 heterocycles. The molecule has 40 heavy (non-hydrogen) atoms. The highest BCUT2D eigenvalue weighted by Gasteiger charge is 2.31. The van der Waals surface area contributed by atoms with Crippen molar-refractivity contribution in [3.63, 3.8) is 0 Å². The molecule has 0 radical (unpaired) electrons. The summed E-state index contributed by atoms with van der Waals surface area (Å²) in [6.07, 6.45) is -5.15. The number of aromatic nitrogens is 1. The average Bonchev–Trinajstić information content (AvgIpc) is 3.38. The fourth-order valence-corrected chi connectivity index (χ4v) is 6.26. The van der Waals surface area contributed by atoms with Crippen LogP contribution in [0.2, 0.25) is 0 Å². The molecule has 1 aromatic heterocycles. The number of fused-ring (bicyclic) bond motifs is 2. The van der Waals surface area contributed by atoms with E-state index < -0.39 is 42.0 Å². The minimum atomic E-state index is -4.54. The number of halogens is 4. The Balaban J connectivity index is 1.43. The van der Waals surface area contributed by atoms with Crippen LogP contribution < -0.4 is 20.1 Å². The maximum absolute atomic E-state index is 14.7. The Morgan fingerprint density at radius 3 is 2.83 bits per heavy atom. The molecule has 8 nitrogen and oxygen atoms in total. The zero-order valence-electron chi connectivity index (χ0n) is 24.4. The van der Waals surface area contributed by atoms with Crippen LogP contribution in [-0.4, -0.2) is 70.0 Å². The molecule has 2 aliphatic rings. The second-order valence-electron chi connectivity index (χ2n) is 9.83. The van der Waals surface area contributed by atoms with Crippen molar-refractivity contribution in [2.75, 3.05) is 44.4 Å². The summed E-state index contributed by atoms with van der Waals surface area (Å²) >= 11 is 0. The number of nitrogens with zero attached hydrogens (tertiary/aromatic N) is 2. The van der Waals surface area contributed by atoms with Crippen LogP contribution >= 0.6 is 0 Å². The smallest absolute Gasteiger partial charge is 0.406 e. The molecule has 1 saturated heterocycles. The number of methoxy groups -OCH3 is 1. The predicted molar refractivity (Wildman–Crippen MR) is 145 cm³/mol. The van der Waals surface area contributed by atoms with Crippen molar-refractivity contribution in [3.05, 3.63) is 47.7 Å². The van der Waals surface area contributed by atoms with E-state index in [0.29, 0.717) is 29.6 Å². The third-order valence-corrected chi connectivity index (χ3v) is 8.45. The van der Waals surface area contributed by atoms with Gasteiger partial charge in [-0.3, -0.25) is 0 Å². The van der Waals surface area contributed by atoms with Crippen LogP contribution in [0, 0.1) is 11.8 Å². The van der Waals surface area contributed by atoms with E-state index in [0.717, 1.165) is 10.6 Å². The van der Waals surface area contributed by atoms with Gasteiger partial charge in [0.15, 0.2) is 0 Å². The first-order valence-corrected chi connectivity index (χ1v) is 13.9. The number of rotatable bonds is 6. The molecule has 0 saturated carbocycles. The summed E-state index contributed by atoms with van der Waals surface area (Å²) < 4.78 is 111. The number of piperidine rings is 1. The lowest BCUT2D eigenvalue weighted by Gasteiger charge is -2.33. The molecule has 0 amide bonds. The summed E-state index contributed by atoms with van der Waals surface area (Å²) in [6, 6.07) is 8.41. The summed E-state index contributed by atoms with van der Waals surface area (Å²) in [5.74, 6) is 5.27. The molecule has 13 heteroatoms. The van der Waals surface area contributed by atoms with Crippen molar-refractivity contribution in [2.45, 2.75) is 42.8 Å². The number of hydrogen-bond acceptors (Lipinski definition) is 6. The standard InChI is InChI=1S/C27H29F4N5O3S/c1-35-10-8-22(20(28)15-35)34-21-6-3-7-24-19(21)12-18(36(24)16-27(29,30)31)5-4-9-32-23-11-17-14-33-40(37,38)26(17)13-25(23)39-2/h3,6-7,11-13,20,22,32-34H,8-10,14-16H2,1-2H3/t20-,22+/m0/s1/i2D3. The van der Waals surface area contributed by atoms with Crippen LogP contribution in [0.15, 0.2) is 41.3 Å². The molecule has 2 atom stereocenters. The highest BCUT2D eigenvalue weighted by atomic mass is 32.2. The molecule has 1 fully saturated rings. The lowest BCUT2D eigenvalue weighted by molar-refractivity contribution is -0.140. The highest BCUT2D eigenvalue weighted by molar-refractivity contribution is 7.89. The van der Waals surface area contributed by atoms with Crippen molar-refractivity contribution in [2.24, 2.45) is 0 Å². The Hall–Kier alpha value is -3.47.